The van der Waals surface area contributed by atoms with E-state index >= 15 is 0 Å². The number of benzene rings is 4. The van der Waals surface area contributed by atoms with Gasteiger partial charge in [-0.3, -0.25) is 0 Å². The summed E-state index contributed by atoms with van der Waals surface area (Å²) in [6.07, 6.45) is 16.0. The molecule has 4 aromatic carbocycles. The molecule has 4 aliphatic heterocycles. The fourth-order valence-electron chi connectivity index (χ4n) is 8.75. The monoisotopic (exact) mass is 716 g/mol. The number of hydrogen-bond donors (Lipinski definition) is 0. The first-order chi connectivity index (χ1) is 25.3. The van der Waals surface area contributed by atoms with Crippen LogP contribution in [0.15, 0.2) is 97.1 Å². The maximum atomic E-state index is 2.60. The van der Waals surface area contributed by atoms with E-state index in [1.54, 1.807) is 0 Å². The highest BCUT2D eigenvalue weighted by molar-refractivity contribution is 7.88. The van der Waals surface area contributed by atoms with Gasteiger partial charge in [-0.15, -0.1) is 0 Å². The Balaban J connectivity index is 1.13. The Morgan fingerprint density at radius 3 is 0.667 bits per heavy atom. The zero-order valence-electron chi connectivity index (χ0n) is 30.8. The van der Waals surface area contributed by atoms with Crippen molar-refractivity contribution in [3.05, 3.63) is 97.1 Å². The van der Waals surface area contributed by atoms with Crippen molar-refractivity contribution in [1.82, 2.24) is 0 Å². The van der Waals surface area contributed by atoms with Crippen LogP contribution in [0, 0.1) is 0 Å². The van der Waals surface area contributed by atoms with Gasteiger partial charge in [0.05, 0.1) is 0 Å². The summed E-state index contributed by atoms with van der Waals surface area (Å²) in [5, 5.41) is 6.05. The van der Waals surface area contributed by atoms with Crippen LogP contribution in [-0.2, 0) is 0 Å². The molecular weight excluding hydrogens is 658 g/mol. The summed E-state index contributed by atoms with van der Waals surface area (Å²) in [6.45, 7) is 9.54. The van der Waals surface area contributed by atoms with Crippen LogP contribution in [0.2, 0.25) is 0 Å². The summed E-state index contributed by atoms with van der Waals surface area (Å²) in [6, 6.07) is 39.3. The topological polar surface area (TPSA) is 13.0 Å². The Kier molecular flexibility index (Phi) is 11.8. The van der Waals surface area contributed by atoms with Gasteiger partial charge in [0.25, 0.3) is 0 Å². The zero-order chi connectivity index (χ0) is 34.2. The van der Waals surface area contributed by atoms with Crippen molar-refractivity contribution in [3.63, 3.8) is 0 Å². The quantitative estimate of drug-likeness (QED) is 0.152. The Morgan fingerprint density at radius 2 is 0.471 bits per heavy atom. The van der Waals surface area contributed by atoms with Crippen molar-refractivity contribution >= 4 is 59.8 Å². The first-order valence-electron chi connectivity index (χ1n) is 20.2. The molecule has 4 fully saturated rings. The third kappa shape index (κ3) is 8.61. The van der Waals surface area contributed by atoms with Gasteiger partial charge in [0.1, 0.15) is 0 Å². The van der Waals surface area contributed by atoms with Crippen molar-refractivity contribution in [2.75, 3.05) is 77.9 Å². The normalized spacial score (nSPS) is 18.9. The minimum atomic E-state index is -0.566. The van der Waals surface area contributed by atoms with Crippen LogP contribution in [0.25, 0.3) is 0 Å². The first-order valence-corrected chi connectivity index (χ1v) is 23.3. The average molecular weight is 717 g/mol. The van der Waals surface area contributed by atoms with E-state index in [-0.39, 0.29) is 0 Å². The minimum Gasteiger partial charge on any atom is -0.372 e. The largest absolute Gasteiger partial charge is 0.372 e. The molecule has 0 amide bonds. The van der Waals surface area contributed by atoms with Gasteiger partial charge in [0.15, 0.2) is 0 Å². The molecule has 0 unspecified atom stereocenters. The summed E-state index contributed by atoms with van der Waals surface area (Å²) in [5.41, 5.74) is 5.60. The maximum Gasteiger partial charge on any atom is 0.0366 e. The number of piperidine rings is 4. The molecule has 0 radical (unpaired) electrons. The number of nitrogens with zero attached hydrogens (tertiary/aromatic N) is 4. The van der Waals surface area contributed by atoms with Crippen molar-refractivity contribution in [3.8, 4) is 0 Å². The first kappa shape index (κ1) is 35.0. The molecule has 0 spiro atoms. The van der Waals surface area contributed by atoms with E-state index in [0.717, 1.165) is 0 Å². The molecule has 51 heavy (non-hydrogen) atoms. The molecule has 4 heterocycles. The Hall–Kier alpha value is -3.06. The second-order valence-electron chi connectivity index (χ2n) is 15.3. The smallest absolute Gasteiger partial charge is 0.0366 e. The standard InChI is InChI=1S/C45H58N4P2/c1-5-29-46(30-6-1)38-13-21-42(22-14-38)50(43-23-15-39(16-24-43)47-31-7-2-8-32-47)37-51(44-25-17-40(18-26-44)48-33-9-3-10-34-48)45-27-19-41(20-28-45)49-35-11-4-12-36-49/h13-28H,1-12,29-37H2. The summed E-state index contributed by atoms with van der Waals surface area (Å²) >= 11 is 0. The highest BCUT2D eigenvalue weighted by Gasteiger charge is 2.25. The molecule has 0 aliphatic carbocycles. The van der Waals surface area contributed by atoms with Gasteiger partial charge in [-0.05, 0) is 163 Å². The van der Waals surface area contributed by atoms with Crippen LogP contribution >= 0.6 is 15.8 Å². The van der Waals surface area contributed by atoms with Gasteiger partial charge < -0.3 is 19.6 Å². The van der Waals surface area contributed by atoms with E-state index in [2.05, 4.69) is 117 Å². The Morgan fingerprint density at radius 1 is 0.275 bits per heavy atom. The zero-order valence-corrected chi connectivity index (χ0v) is 32.6. The lowest BCUT2D eigenvalue weighted by molar-refractivity contribution is 0.578. The molecule has 0 saturated carbocycles. The van der Waals surface area contributed by atoms with E-state index in [0.29, 0.717) is 0 Å². The Bertz CT molecular complexity index is 1380. The third-order valence-electron chi connectivity index (χ3n) is 11.8. The molecule has 268 valence electrons. The second-order valence-corrected chi connectivity index (χ2v) is 20.2. The Labute approximate surface area is 310 Å². The van der Waals surface area contributed by atoms with Crippen LogP contribution in [-0.4, -0.2) is 58.3 Å². The second kappa shape index (κ2) is 17.2. The molecule has 0 N–H and O–H groups in total. The fourth-order valence-corrected chi connectivity index (χ4v) is 15.1. The molecule has 0 aromatic heterocycles. The molecule has 4 nitrogen and oxygen atoms in total. The van der Waals surface area contributed by atoms with Crippen molar-refractivity contribution in [2.24, 2.45) is 0 Å². The summed E-state index contributed by atoms with van der Waals surface area (Å²) in [5.74, 6) is 1.17. The summed E-state index contributed by atoms with van der Waals surface area (Å²) in [7, 11) is -1.13. The van der Waals surface area contributed by atoms with Gasteiger partial charge in [-0.1, -0.05) is 48.5 Å². The predicted molar refractivity (Wildman–Crippen MR) is 227 cm³/mol. The lowest BCUT2D eigenvalue weighted by atomic mass is 10.1. The highest BCUT2D eigenvalue weighted by Crippen LogP contribution is 2.49. The number of rotatable bonds is 10. The lowest BCUT2D eigenvalue weighted by Crippen LogP contribution is -2.30. The van der Waals surface area contributed by atoms with Crippen LogP contribution in [0.4, 0.5) is 22.7 Å². The molecule has 4 aromatic rings. The number of hydrogen-bond acceptors (Lipinski definition) is 4. The van der Waals surface area contributed by atoms with Gasteiger partial charge in [0.2, 0.25) is 0 Å². The molecular formula is C45H58N4P2. The van der Waals surface area contributed by atoms with Crippen molar-refractivity contribution in [2.45, 2.75) is 77.0 Å². The van der Waals surface area contributed by atoms with Crippen molar-refractivity contribution in [1.29, 1.82) is 0 Å². The van der Waals surface area contributed by atoms with Gasteiger partial charge in [-0.25, -0.2) is 0 Å². The van der Waals surface area contributed by atoms with Gasteiger partial charge in [0, 0.05) is 81.0 Å². The van der Waals surface area contributed by atoms with E-state index in [9.17, 15) is 0 Å². The SMILES string of the molecule is c1cc(P(CP(c2ccc(N3CCCCC3)cc2)c2ccc(N3CCCCC3)cc2)c2ccc(N3CCCCC3)cc2)ccc1N1CCCCC1. The molecule has 0 bridgehead atoms. The van der Waals surface area contributed by atoms with E-state index < -0.39 is 15.8 Å². The molecule has 6 heteroatoms. The van der Waals surface area contributed by atoms with E-state index in [1.807, 2.05) is 0 Å². The lowest BCUT2D eigenvalue weighted by Gasteiger charge is -2.32. The third-order valence-corrected chi connectivity index (χ3v) is 17.8. The van der Waals surface area contributed by atoms with Gasteiger partial charge >= 0.3 is 0 Å². The van der Waals surface area contributed by atoms with Gasteiger partial charge in [-0.2, -0.15) is 0 Å². The minimum absolute atomic E-state index is 0.566. The number of anilines is 4. The van der Waals surface area contributed by atoms with E-state index in [1.165, 1.54) is 179 Å². The predicted octanol–water partition coefficient (Wildman–Crippen LogP) is 9.17. The summed E-state index contributed by atoms with van der Waals surface area (Å²) < 4.78 is 0. The molecule has 4 saturated heterocycles. The van der Waals surface area contributed by atoms with Crippen molar-refractivity contribution < 1.29 is 0 Å². The molecule has 8 rings (SSSR count). The summed E-state index contributed by atoms with van der Waals surface area (Å²) in [4.78, 5) is 10.4. The van der Waals surface area contributed by atoms with Crippen LogP contribution in [0.3, 0.4) is 0 Å². The highest BCUT2D eigenvalue weighted by atomic mass is 31.2. The molecule has 0 atom stereocenters. The van der Waals surface area contributed by atoms with Crippen LogP contribution < -0.4 is 40.8 Å². The average Bonchev–Trinajstić information content (AvgIpc) is 3.23. The maximum absolute atomic E-state index is 2.60. The van der Waals surface area contributed by atoms with Crippen LogP contribution in [0.5, 0.6) is 0 Å². The fraction of sp³-hybridized carbons (Fsp3) is 0.467. The van der Waals surface area contributed by atoms with Crippen LogP contribution in [0.1, 0.15) is 77.0 Å². The molecule has 4 aliphatic rings. The van der Waals surface area contributed by atoms with E-state index in [4.69, 9.17) is 0 Å².